The third-order valence-electron chi connectivity index (χ3n) is 3.22. The van der Waals surface area contributed by atoms with E-state index in [2.05, 4.69) is 0 Å². The number of carbonyl (C=O) groups is 1. The largest absolute Gasteiger partial charge is 0.497 e. The maximum absolute atomic E-state index is 10.6. The summed E-state index contributed by atoms with van der Waals surface area (Å²) in [7, 11) is 1.58. The first kappa shape index (κ1) is 13.5. The molecule has 0 unspecified atom stereocenters. The van der Waals surface area contributed by atoms with E-state index in [0.29, 0.717) is 11.5 Å². The molecule has 1 aromatic rings. The van der Waals surface area contributed by atoms with E-state index in [9.17, 15) is 4.79 Å². The highest BCUT2D eigenvalue weighted by Gasteiger charge is 2.17. The summed E-state index contributed by atoms with van der Waals surface area (Å²) in [6.45, 7) is 0. The predicted molar refractivity (Wildman–Crippen MR) is 72.5 cm³/mol. The minimum absolute atomic E-state index is 0.241. The van der Waals surface area contributed by atoms with Gasteiger partial charge in [0.1, 0.15) is 11.5 Å². The lowest BCUT2D eigenvalue weighted by molar-refractivity contribution is -0.131. The van der Waals surface area contributed by atoms with Gasteiger partial charge in [-0.3, -0.25) is 0 Å². The lowest BCUT2D eigenvalue weighted by atomic mass is 10.1. The van der Waals surface area contributed by atoms with Crippen LogP contribution in [0.3, 0.4) is 0 Å². The van der Waals surface area contributed by atoms with Gasteiger partial charge in [-0.25, -0.2) is 4.79 Å². The van der Waals surface area contributed by atoms with Crippen LogP contribution in [0.2, 0.25) is 0 Å². The SMILES string of the molecule is COc1ccc(OC2CCCC2)c(/C=C/C(=O)O)c1. The molecule has 102 valence electrons. The molecule has 4 nitrogen and oxygen atoms in total. The number of methoxy groups -OCH3 is 1. The van der Waals surface area contributed by atoms with Gasteiger partial charge in [-0.1, -0.05) is 0 Å². The molecule has 1 N–H and O–H groups in total. The van der Waals surface area contributed by atoms with Gasteiger partial charge in [-0.15, -0.1) is 0 Å². The lowest BCUT2D eigenvalue weighted by Crippen LogP contribution is -2.11. The summed E-state index contributed by atoms with van der Waals surface area (Å²) in [5.74, 6) is 0.420. The summed E-state index contributed by atoms with van der Waals surface area (Å²) in [4.78, 5) is 10.6. The monoisotopic (exact) mass is 262 g/mol. The number of benzene rings is 1. The summed E-state index contributed by atoms with van der Waals surface area (Å²) in [6.07, 6.45) is 7.40. The number of carboxylic acid groups (broad SMARTS) is 1. The molecule has 0 spiro atoms. The van der Waals surface area contributed by atoms with E-state index in [-0.39, 0.29) is 6.10 Å². The second kappa shape index (κ2) is 6.27. The summed E-state index contributed by atoms with van der Waals surface area (Å²) in [5.41, 5.74) is 0.730. The number of aliphatic carboxylic acids is 1. The first-order chi connectivity index (χ1) is 9.19. The Hall–Kier alpha value is -1.97. The summed E-state index contributed by atoms with van der Waals surface area (Å²) in [5, 5.41) is 8.72. The second-order valence-corrected chi connectivity index (χ2v) is 4.60. The van der Waals surface area contributed by atoms with Crippen molar-refractivity contribution >= 4 is 12.0 Å². The molecular weight excluding hydrogens is 244 g/mol. The Morgan fingerprint density at radius 1 is 1.37 bits per heavy atom. The Morgan fingerprint density at radius 2 is 2.11 bits per heavy atom. The maximum atomic E-state index is 10.6. The Morgan fingerprint density at radius 3 is 2.74 bits per heavy atom. The van der Waals surface area contributed by atoms with Crippen LogP contribution >= 0.6 is 0 Å². The number of ether oxygens (including phenoxy) is 2. The fraction of sp³-hybridized carbons (Fsp3) is 0.400. The molecule has 1 fully saturated rings. The Bertz CT molecular complexity index is 473. The van der Waals surface area contributed by atoms with E-state index in [1.165, 1.54) is 18.9 Å². The van der Waals surface area contributed by atoms with Crippen molar-refractivity contribution in [2.75, 3.05) is 7.11 Å². The quantitative estimate of drug-likeness (QED) is 0.828. The Balaban J connectivity index is 2.21. The van der Waals surface area contributed by atoms with Gasteiger partial charge >= 0.3 is 5.97 Å². The molecule has 4 heteroatoms. The van der Waals surface area contributed by atoms with Gasteiger partial charge in [-0.2, -0.15) is 0 Å². The molecule has 2 rings (SSSR count). The molecule has 0 bridgehead atoms. The highest BCUT2D eigenvalue weighted by molar-refractivity contribution is 5.86. The minimum Gasteiger partial charge on any atom is -0.497 e. The average Bonchev–Trinajstić information content (AvgIpc) is 2.90. The molecule has 1 aromatic carbocycles. The molecule has 0 amide bonds. The van der Waals surface area contributed by atoms with E-state index in [1.807, 2.05) is 12.1 Å². The molecular formula is C15H18O4. The van der Waals surface area contributed by atoms with Crippen LogP contribution in [0.1, 0.15) is 31.2 Å². The third kappa shape index (κ3) is 3.74. The third-order valence-corrected chi connectivity index (χ3v) is 3.22. The summed E-state index contributed by atoms with van der Waals surface area (Å²) in [6, 6.07) is 5.44. The van der Waals surface area contributed by atoms with Crippen LogP contribution in [0.5, 0.6) is 11.5 Å². The highest BCUT2D eigenvalue weighted by atomic mass is 16.5. The fourth-order valence-corrected chi connectivity index (χ4v) is 2.24. The number of carboxylic acids is 1. The molecule has 1 aliphatic rings. The first-order valence-corrected chi connectivity index (χ1v) is 6.45. The molecule has 0 heterocycles. The van der Waals surface area contributed by atoms with Gasteiger partial charge in [0.15, 0.2) is 0 Å². The van der Waals surface area contributed by atoms with Crippen LogP contribution in [0, 0.1) is 0 Å². The van der Waals surface area contributed by atoms with Gasteiger partial charge in [0.2, 0.25) is 0 Å². The van der Waals surface area contributed by atoms with Crippen molar-refractivity contribution in [2.45, 2.75) is 31.8 Å². The van der Waals surface area contributed by atoms with Crippen LogP contribution in [0.15, 0.2) is 24.3 Å². The first-order valence-electron chi connectivity index (χ1n) is 6.45. The molecule has 19 heavy (non-hydrogen) atoms. The Labute approximate surface area is 112 Å². The predicted octanol–water partition coefficient (Wildman–Crippen LogP) is 3.11. The number of rotatable bonds is 5. The van der Waals surface area contributed by atoms with E-state index in [4.69, 9.17) is 14.6 Å². The molecule has 1 aliphatic carbocycles. The van der Waals surface area contributed by atoms with Gasteiger partial charge in [-0.05, 0) is 50.0 Å². The standard InChI is InChI=1S/C15H18O4/c1-18-13-7-8-14(19-12-4-2-3-5-12)11(10-13)6-9-15(16)17/h6-10,12H,2-5H2,1H3,(H,16,17)/b9-6+. The summed E-state index contributed by atoms with van der Waals surface area (Å²) >= 11 is 0. The van der Waals surface area contributed by atoms with E-state index in [0.717, 1.165) is 24.5 Å². The van der Waals surface area contributed by atoms with Crippen molar-refractivity contribution < 1.29 is 19.4 Å². The van der Waals surface area contributed by atoms with Gasteiger partial charge in [0, 0.05) is 11.6 Å². The Kier molecular flexibility index (Phi) is 4.44. The van der Waals surface area contributed by atoms with Gasteiger partial charge in [0.05, 0.1) is 13.2 Å². The summed E-state index contributed by atoms with van der Waals surface area (Å²) < 4.78 is 11.1. The van der Waals surface area contributed by atoms with Crippen molar-refractivity contribution in [1.82, 2.24) is 0 Å². The topological polar surface area (TPSA) is 55.8 Å². The smallest absolute Gasteiger partial charge is 0.328 e. The highest BCUT2D eigenvalue weighted by Crippen LogP contribution is 2.30. The lowest BCUT2D eigenvalue weighted by Gasteiger charge is -2.15. The van der Waals surface area contributed by atoms with Gasteiger partial charge in [0.25, 0.3) is 0 Å². The van der Waals surface area contributed by atoms with Crippen molar-refractivity contribution in [3.63, 3.8) is 0 Å². The van der Waals surface area contributed by atoms with Crippen molar-refractivity contribution in [2.24, 2.45) is 0 Å². The minimum atomic E-state index is -0.977. The maximum Gasteiger partial charge on any atom is 0.328 e. The molecule has 0 saturated heterocycles. The van der Waals surface area contributed by atoms with E-state index in [1.54, 1.807) is 13.2 Å². The van der Waals surface area contributed by atoms with Crippen LogP contribution in [0.25, 0.3) is 6.08 Å². The van der Waals surface area contributed by atoms with Crippen molar-refractivity contribution in [3.8, 4) is 11.5 Å². The normalized spacial score (nSPS) is 15.8. The van der Waals surface area contributed by atoms with Crippen LogP contribution < -0.4 is 9.47 Å². The molecule has 1 saturated carbocycles. The number of hydrogen-bond donors (Lipinski definition) is 1. The van der Waals surface area contributed by atoms with Crippen LogP contribution in [0.4, 0.5) is 0 Å². The molecule has 0 aliphatic heterocycles. The van der Waals surface area contributed by atoms with Crippen LogP contribution in [-0.4, -0.2) is 24.3 Å². The molecule has 0 atom stereocenters. The van der Waals surface area contributed by atoms with E-state index >= 15 is 0 Å². The average molecular weight is 262 g/mol. The van der Waals surface area contributed by atoms with Crippen molar-refractivity contribution in [3.05, 3.63) is 29.8 Å². The zero-order valence-corrected chi connectivity index (χ0v) is 11.0. The van der Waals surface area contributed by atoms with Crippen LogP contribution in [-0.2, 0) is 4.79 Å². The van der Waals surface area contributed by atoms with E-state index < -0.39 is 5.97 Å². The fourth-order valence-electron chi connectivity index (χ4n) is 2.24. The van der Waals surface area contributed by atoms with Gasteiger partial charge < -0.3 is 14.6 Å². The molecule has 0 radical (unpaired) electrons. The molecule has 0 aromatic heterocycles. The zero-order valence-electron chi connectivity index (χ0n) is 11.0. The second-order valence-electron chi connectivity index (χ2n) is 4.60. The number of hydrogen-bond acceptors (Lipinski definition) is 3. The zero-order chi connectivity index (χ0) is 13.7. The van der Waals surface area contributed by atoms with Crippen molar-refractivity contribution in [1.29, 1.82) is 0 Å².